The summed E-state index contributed by atoms with van der Waals surface area (Å²) in [6.45, 7) is 0. The summed E-state index contributed by atoms with van der Waals surface area (Å²) < 4.78 is 5.59. The molecule has 0 spiro atoms. The van der Waals surface area contributed by atoms with Gasteiger partial charge in [0.1, 0.15) is 0 Å². The van der Waals surface area contributed by atoms with E-state index in [-0.39, 0.29) is 11.6 Å². The predicted octanol–water partition coefficient (Wildman–Crippen LogP) is 2.58. The first-order valence-corrected chi connectivity index (χ1v) is 6.50. The fourth-order valence-corrected chi connectivity index (χ4v) is 3.01. The topological polar surface area (TPSA) is 35.2 Å². The summed E-state index contributed by atoms with van der Waals surface area (Å²) in [6, 6.07) is 2.39. The summed E-state index contributed by atoms with van der Waals surface area (Å²) in [7, 11) is 1.82. The molecule has 2 N–H and O–H groups in total. The molecule has 1 unspecified atom stereocenters. The summed E-state index contributed by atoms with van der Waals surface area (Å²) in [5.41, 5.74) is 7.63. The Morgan fingerprint density at radius 3 is 2.87 bits per heavy atom. The number of nitrogens with two attached hydrogens (primary N) is 1. The van der Waals surface area contributed by atoms with Gasteiger partial charge in [0.05, 0.1) is 5.60 Å². The number of hydrogen-bond acceptors (Lipinski definition) is 3. The molecular formula is C12H19NOS. The van der Waals surface area contributed by atoms with Gasteiger partial charge in [-0.3, -0.25) is 0 Å². The summed E-state index contributed by atoms with van der Waals surface area (Å²) in [4.78, 5) is 0. The SMILES string of the molecule is COC1(CC(N)Cc2ccsc2)CCC1. The molecule has 1 aliphatic carbocycles. The van der Waals surface area contributed by atoms with Gasteiger partial charge in [-0.05, 0) is 54.5 Å². The summed E-state index contributed by atoms with van der Waals surface area (Å²) >= 11 is 1.74. The van der Waals surface area contributed by atoms with E-state index in [1.54, 1.807) is 11.3 Å². The quantitative estimate of drug-likeness (QED) is 0.836. The Labute approximate surface area is 95.4 Å². The third-order valence-corrected chi connectivity index (χ3v) is 4.14. The van der Waals surface area contributed by atoms with E-state index < -0.39 is 0 Å². The van der Waals surface area contributed by atoms with Crippen LogP contribution in [-0.2, 0) is 11.2 Å². The average Bonchev–Trinajstić information content (AvgIpc) is 2.64. The molecule has 1 atom stereocenters. The van der Waals surface area contributed by atoms with E-state index in [9.17, 15) is 0 Å². The van der Waals surface area contributed by atoms with Gasteiger partial charge in [0.15, 0.2) is 0 Å². The van der Waals surface area contributed by atoms with Crippen LogP contribution in [-0.4, -0.2) is 18.8 Å². The zero-order valence-corrected chi connectivity index (χ0v) is 10.1. The van der Waals surface area contributed by atoms with Crippen molar-refractivity contribution in [2.75, 3.05) is 7.11 Å². The molecule has 0 radical (unpaired) electrons. The van der Waals surface area contributed by atoms with Crippen LogP contribution in [0.3, 0.4) is 0 Å². The number of hydrogen-bond donors (Lipinski definition) is 1. The van der Waals surface area contributed by atoms with Crippen LogP contribution in [0.25, 0.3) is 0 Å². The summed E-state index contributed by atoms with van der Waals surface area (Å²) in [5.74, 6) is 0. The highest BCUT2D eigenvalue weighted by molar-refractivity contribution is 7.07. The molecule has 0 aromatic carbocycles. The van der Waals surface area contributed by atoms with Gasteiger partial charge < -0.3 is 10.5 Å². The largest absolute Gasteiger partial charge is 0.378 e. The smallest absolute Gasteiger partial charge is 0.0693 e. The standard InChI is InChI=1S/C12H19NOS/c1-14-12(4-2-5-12)8-11(13)7-10-3-6-15-9-10/h3,6,9,11H,2,4-5,7-8,13H2,1H3. The van der Waals surface area contributed by atoms with Crippen LogP contribution in [0.4, 0.5) is 0 Å². The third-order valence-electron chi connectivity index (χ3n) is 3.41. The number of rotatable bonds is 5. The Morgan fingerprint density at radius 2 is 2.40 bits per heavy atom. The van der Waals surface area contributed by atoms with E-state index in [0.717, 1.165) is 12.8 Å². The number of thiophene rings is 1. The maximum absolute atomic E-state index is 6.16. The molecule has 0 saturated heterocycles. The molecule has 1 aliphatic rings. The van der Waals surface area contributed by atoms with Crippen molar-refractivity contribution in [1.82, 2.24) is 0 Å². The predicted molar refractivity (Wildman–Crippen MR) is 64.2 cm³/mol. The first-order chi connectivity index (χ1) is 7.24. The Hall–Kier alpha value is -0.380. The normalized spacial score (nSPS) is 20.9. The molecule has 2 nitrogen and oxygen atoms in total. The molecule has 1 saturated carbocycles. The molecule has 0 amide bonds. The Bertz CT molecular complexity index is 287. The molecule has 0 aliphatic heterocycles. The first-order valence-electron chi connectivity index (χ1n) is 5.56. The van der Waals surface area contributed by atoms with E-state index in [0.29, 0.717) is 0 Å². The second kappa shape index (κ2) is 4.64. The van der Waals surface area contributed by atoms with Gasteiger partial charge in [0.25, 0.3) is 0 Å². The third kappa shape index (κ3) is 2.60. The van der Waals surface area contributed by atoms with Crippen LogP contribution in [0.15, 0.2) is 16.8 Å². The highest BCUT2D eigenvalue weighted by Gasteiger charge is 2.38. The minimum absolute atomic E-state index is 0.107. The molecule has 2 rings (SSSR count). The van der Waals surface area contributed by atoms with Crippen molar-refractivity contribution < 1.29 is 4.74 Å². The van der Waals surface area contributed by atoms with Gasteiger partial charge in [0, 0.05) is 13.2 Å². The lowest BCUT2D eigenvalue weighted by Crippen LogP contribution is -2.44. The lowest BCUT2D eigenvalue weighted by Gasteiger charge is -2.42. The van der Waals surface area contributed by atoms with E-state index >= 15 is 0 Å². The van der Waals surface area contributed by atoms with E-state index in [1.807, 2.05) is 7.11 Å². The van der Waals surface area contributed by atoms with Crippen LogP contribution in [0.5, 0.6) is 0 Å². The van der Waals surface area contributed by atoms with Gasteiger partial charge in [-0.1, -0.05) is 0 Å². The zero-order chi connectivity index (χ0) is 10.7. The van der Waals surface area contributed by atoms with Crippen molar-refractivity contribution in [1.29, 1.82) is 0 Å². The van der Waals surface area contributed by atoms with Crippen LogP contribution >= 0.6 is 11.3 Å². The van der Waals surface area contributed by atoms with Gasteiger partial charge in [-0.2, -0.15) is 11.3 Å². The first kappa shape index (κ1) is 11.1. The molecular weight excluding hydrogens is 206 g/mol. The van der Waals surface area contributed by atoms with E-state index in [2.05, 4.69) is 16.8 Å². The highest BCUT2D eigenvalue weighted by atomic mass is 32.1. The minimum atomic E-state index is 0.107. The van der Waals surface area contributed by atoms with Crippen molar-refractivity contribution >= 4 is 11.3 Å². The van der Waals surface area contributed by atoms with Gasteiger partial charge in [-0.25, -0.2) is 0 Å². The fraction of sp³-hybridized carbons (Fsp3) is 0.667. The van der Waals surface area contributed by atoms with Crippen molar-refractivity contribution in [3.63, 3.8) is 0 Å². The average molecular weight is 225 g/mol. The Morgan fingerprint density at radius 1 is 1.60 bits per heavy atom. The molecule has 1 aromatic rings. The van der Waals surface area contributed by atoms with Gasteiger partial charge in [-0.15, -0.1) is 0 Å². The lowest BCUT2D eigenvalue weighted by atomic mass is 9.75. The molecule has 0 bridgehead atoms. The molecule has 1 fully saturated rings. The fourth-order valence-electron chi connectivity index (χ4n) is 2.32. The van der Waals surface area contributed by atoms with Gasteiger partial charge in [0.2, 0.25) is 0 Å². The van der Waals surface area contributed by atoms with Crippen molar-refractivity contribution in [2.45, 2.75) is 43.7 Å². The maximum Gasteiger partial charge on any atom is 0.0693 e. The Balaban J connectivity index is 1.84. The van der Waals surface area contributed by atoms with Crippen molar-refractivity contribution in [3.05, 3.63) is 22.4 Å². The lowest BCUT2D eigenvalue weighted by molar-refractivity contribution is -0.0813. The van der Waals surface area contributed by atoms with E-state index in [4.69, 9.17) is 10.5 Å². The van der Waals surface area contributed by atoms with Crippen LogP contribution in [0.2, 0.25) is 0 Å². The minimum Gasteiger partial charge on any atom is -0.378 e. The molecule has 15 heavy (non-hydrogen) atoms. The zero-order valence-electron chi connectivity index (χ0n) is 9.24. The molecule has 84 valence electrons. The summed E-state index contributed by atoms with van der Waals surface area (Å²) in [6.07, 6.45) is 5.63. The monoisotopic (exact) mass is 225 g/mol. The van der Waals surface area contributed by atoms with Crippen molar-refractivity contribution in [3.8, 4) is 0 Å². The number of ether oxygens (including phenoxy) is 1. The van der Waals surface area contributed by atoms with Crippen LogP contribution in [0, 0.1) is 0 Å². The Kier molecular flexibility index (Phi) is 3.44. The van der Waals surface area contributed by atoms with Crippen molar-refractivity contribution in [2.24, 2.45) is 5.73 Å². The summed E-state index contributed by atoms with van der Waals surface area (Å²) in [5, 5.41) is 4.29. The highest BCUT2D eigenvalue weighted by Crippen LogP contribution is 2.38. The van der Waals surface area contributed by atoms with Crippen LogP contribution in [0.1, 0.15) is 31.2 Å². The number of methoxy groups -OCH3 is 1. The molecule has 1 aromatic heterocycles. The van der Waals surface area contributed by atoms with Gasteiger partial charge >= 0.3 is 0 Å². The van der Waals surface area contributed by atoms with E-state index in [1.165, 1.54) is 24.8 Å². The second-order valence-electron chi connectivity index (χ2n) is 4.54. The molecule has 1 heterocycles. The molecule has 3 heteroatoms. The second-order valence-corrected chi connectivity index (χ2v) is 5.32. The maximum atomic E-state index is 6.16. The van der Waals surface area contributed by atoms with Crippen LogP contribution < -0.4 is 5.73 Å².